The summed E-state index contributed by atoms with van der Waals surface area (Å²) in [5, 5.41) is 3.53. The summed E-state index contributed by atoms with van der Waals surface area (Å²) in [5.41, 5.74) is 2.54. The maximum Gasteiger partial charge on any atom is 0.123 e. The number of hydrogen-bond acceptors (Lipinski definition) is 1. The lowest BCUT2D eigenvalue weighted by Gasteiger charge is -2.39. The Kier molecular flexibility index (Phi) is 2.79. The fourth-order valence-electron chi connectivity index (χ4n) is 2.53. The maximum absolute atomic E-state index is 13.4. The Morgan fingerprint density at radius 3 is 2.56 bits per heavy atom. The molecule has 2 rings (SSSR count). The molecule has 88 valence electrons. The molecule has 1 aliphatic rings. The second-order valence-electron chi connectivity index (χ2n) is 5.88. The zero-order chi connectivity index (χ0) is 11.9. The topological polar surface area (TPSA) is 12.0 Å². The van der Waals surface area contributed by atoms with Crippen molar-refractivity contribution in [2.24, 2.45) is 5.41 Å². The molecule has 0 saturated heterocycles. The van der Waals surface area contributed by atoms with E-state index in [9.17, 15) is 4.39 Å². The van der Waals surface area contributed by atoms with Crippen molar-refractivity contribution in [2.45, 2.75) is 39.7 Å². The van der Waals surface area contributed by atoms with E-state index < -0.39 is 0 Å². The van der Waals surface area contributed by atoms with Crippen molar-refractivity contribution in [2.75, 3.05) is 6.54 Å². The highest BCUT2D eigenvalue weighted by Gasteiger charge is 2.32. The summed E-state index contributed by atoms with van der Waals surface area (Å²) in [5.74, 6) is 0.332. The van der Waals surface area contributed by atoms with E-state index in [1.54, 1.807) is 12.1 Å². The molecule has 0 fully saturated rings. The highest BCUT2D eigenvalue weighted by atomic mass is 19.1. The molecule has 2 atom stereocenters. The fourth-order valence-corrected chi connectivity index (χ4v) is 2.53. The molecule has 16 heavy (non-hydrogen) atoms. The first-order valence-electron chi connectivity index (χ1n) is 5.92. The van der Waals surface area contributed by atoms with E-state index in [1.165, 1.54) is 5.56 Å². The average Bonchev–Trinajstić information content (AvgIpc) is 2.15. The lowest BCUT2D eigenvalue weighted by molar-refractivity contribution is 0.255. The van der Waals surface area contributed by atoms with Crippen LogP contribution in [0.3, 0.4) is 0 Å². The van der Waals surface area contributed by atoms with Gasteiger partial charge in [0, 0.05) is 12.6 Å². The molecule has 2 unspecified atom stereocenters. The minimum absolute atomic E-state index is 0.114. The Labute approximate surface area is 97.1 Å². The first kappa shape index (κ1) is 11.6. The molecule has 0 spiro atoms. The lowest BCUT2D eigenvalue weighted by atomic mass is 9.76. The molecule has 0 saturated carbocycles. The largest absolute Gasteiger partial charge is 0.309 e. The van der Waals surface area contributed by atoms with Gasteiger partial charge in [-0.2, -0.15) is 0 Å². The third-order valence-corrected chi connectivity index (χ3v) is 3.38. The molecule has 0 amide bonds. The number of nitrogens with one attached hydrogen (secondary N) is 1. The SMILES string of the molecule is CC1CNC(C(C)(C)C)c2cc(F)ccc21. The van der Waals surface area contributed by atoms with Crippen LogP contribution in [0.25, 0.3) is 0 Å². The van der Waals surface area contributed by atoms with E-state index in [0.29, 0.717) is 5.92 Å². The third kappa shape index (κ3) is 1.99. The van der Waals surface area contributed by atoms with Gasteiger partial charge in [0.2, 0.25) is 0 Å². The van der Waals surface area contributed by atoms with Crippen molar-refractivity contribution in [3.05, 3.63) is 35.1 Å². The third-order valence-electron chi connectivity index (χ3n) is 3.38. The van der Waals surface area contributed by atoms with Crippen LogP contribution >= 0.6 is 0 Å². The lowest BCUT2D eigenvalue weighted by Crippen LogP contribution is -2.39. The predicted octanol–water partition coefficient (Wildman–Crippen LogP) is 3.62. The molecule has 1 heterocycles. The van der Waals surface area contributed by atoms with Crippen LogP contribution in [0.15, 0.2) is 18.2 Å². The van der Waals surface area contributed by atoms with Crippen LogP contribution in [0.5, 0.6) is 0 Å². The Bertz CT molecular complexity index is 392. The summed E-state index contributed by atoms with van der Waals surface area (Å²) in [6, 6.07) is 5.44. The molecule has 0 radical (unpaired) electrons. The molecule has 1 aromatic carbocycles. The van der Waals surface area contributed by atoms with Gasteiger partial charge in [0.05, 0.1) is 0 Å². The zero-order valence-electron chi connectivity index (χ0n) is 10.5. The zero-order valence-corrected chi connectivity index (χ0v) is 10.5. The van der Waals surface area contributed by atoms with Crippen LogP contribution in [0.1, 0.15) is 50.8 Å². The van der Waals surface area contributed by atoms with E-state index in [2.05, 4.69) is 33.0 Å². The van der Waals surface area contributed by atoms with Crippen molar-refractivity contribution < 1.29 is 4.39 Å². The molecule has 1 aromatic rings. The molecule has 0 bridgehead atoms. The van der Waals surface area contributed by atoms with E-state index in [1.807, 2.05) is 6.07 Å². The van der Waals surface area contributed by atoms with Crippen molar-refractivity contribution in [3.8, 4) is 0 Å². The van der Waals surface area contributed by atoms with Crippen LogP contribution in [0.2, 0.25) is 0 Å². The van der Waals surface area contributed by atoms with Gasteiger partial charge in [-0.05, 0) is 34.6 Å². The first-order valence-corrected chi connectivity index (χ1v) is 5.92. The highest BCUT2D eigenvalue weighted by Crippen LogP contribution is 2.39. The minimum Gasteiger partial charge on any atom is -0.309 e. The number of halogens is 1. The summed E-state index contributed by atoms with van der Waals surface area (Å²) >= 11 is 0. The quantitative estimate of drug-likeness (QED) is 0.705. The summed E-state index contributed by atoms with van der Waals surface area (Å²) in [6.07, 6.45) is 0. The second-order valence-corrected chi connectivity index (χ2v) is 5.88. The average molecular weight is 221 g/mol. The summed E-state index contributed by atoms with van der Waals surface area (Å²) in [6.45, 7) is 9.73. The summed E-state index contributed by atoms with van der Waals surface area (Å²) < 4.78 is 13.4. The van der Waals surface area contributed by atoms with E-state index in [0.717, 1.165) is 12.1 Å². The minimum atomic E-state index is -0.135. The Morgan fingerprint density at radius 1 is 1.25 bits per heavy atom. The first-order chi connectivity index (χ1) is 7.39. The molecule has 0 aromatic heterocycles. The predicted molar refractivity (Wildman–Crippen MR) is 65.0 cm³/mol. The van der Waals surface area contributed by atoms with E-state index in [4.69, 9.17) is 0 Å². The van der Waals surface area contributed by atoms with Crippen LogP contribution in [0.4, 0.5) is 4.39 Å². The van der Waals surface area contributed by atoms with Gasteiger partial charge in [0.15, 0.2) is 0 Å². The second kappa shape index (κ2) is 3.85. The standard InChI is InChI=1S/C14H20FN/c1-9-8-16-13(14(2,3)4)12-7-10(15)5-6-11(9)12/h5-7,9,13,16H,8H2,1-4H3. The molecular weight excluding hydrogens is 201 g/mol. The van der Waals surface area contributed by atoms with Gasteiger partial charge in [-0.1, -0.05) is 33.8 Å². The number of rotatable bonds is 0. The van der Waals surface area contributed by atoms with E-state index in [-0.39, 0.29) is 17.3 Å². The van der Waals surface area contributed by atoms with Crippen LogP contribution < -0.4 is 5.32 Å². The molecule has 1 nitrogen and oxygen atoms in total. The van der Waals surface area contributed by atoms with Crippen molar-refractivity contribution >= 4 is 0 Å². The van der Waals surface area contributed by atoms with Crippen molar-refractivity contribution in [1.29, 1.82) is 0 Å². The maximum atomic E-state index is 13.4. The van der Waals surface area contributed by atoms with Gasteiger partial charge in [-0.25, -0.2) is 4.39 Å². The smallest absolute Gasteiger partial charge is 0.123 e. The molecule has 0 aliphatic carbocycles. The van der Waals surface area contributed by atoms with Gasteiger partial charge in [0.25, 0.3) is 0 Å². The molecular formula is C14H20FN. The Balaban J connectivity index is 2.50. The number of hydrogen-bond donors (Lipinski definition) is 1. The number of fused-ring (bicyclic) bond motifs is 1. The van der Waals surface area contributed by atoms with Crippen LogP contribution in [0, 0.1) is 11.2 Å². The van der Waals surface area contributed by atoms with Gasteiger partial charge in [-0.3, -0.25) is 0 Å². The molecule has 2 heteroatoms. The monoisotopic (exact) mass is 221 g/mol. The van der Waals surface area contributed by atoms with Crippen molar-refractivity contribution in [3.63, 3.8) is 0 Å². The van der Waals surface area contributed by atoms with Gasteiger partial charge in [-0.15, -0.1) is 0 Å². The molecule has 1 N–H and O–H groups in total. The fraction of sp³-hybridized carbons (Fsp3) is 0.571. The van der Waals surface area contributed by atoms with Gasteiger partial charge < -0.3 is 5.32 Å². The summed E-state index contributed by atoms with van der Waals surface area (Å²) in [7, 11) is 0. The Morgan fingerprint density at radius 2 is 1.94 bits per heavy atom. The van der Waals surface area contributed by atoms with Gasteiger partial charge >= 0.3 is 0 Å². The van der Waals surface area contributed by atoms with E-state index >= 15 is 0 Å². The Hall–Kier alpha value is -0.890. The van der Waals surface area contributed by atoms with Gasteiger partial charge in [0.1, 0.15) is 5.82 Å². The van der Waals surface area contributed by atoms with Crippen molar-refractivity contribution in [1.82, 2.24) is 5.32 Å². The molecule has 1 aliphatic heterocycles. The van der Waals surface area contributed by atoms with Crippen LogP contribution in [-0.2, 0) is 0 Å². The number of benzene rings is 1. The normalized spacial score (nSPS) is 25.3. The summed E-state index contributed by atoms with van der Waals surface area (Å²) in [4.78, 5) is 0. The highest BCUT2D eigenvalue weighted by molar-refractivity contribution is 5.36. The van der Waals surface area contributed by atoms with Crippen LogP contribution in [-0.4, -0.2) is 6.54 Å².